The van der Waals surface area contributed by atoms with Crippen LogP contribution in [0.25, 0.3) is 0 Å². The van der Waals surface area contributed by atoms with Crippen molar-refractivity contribution in [3.8, 4) is 0 Å². The number of rotatable bonds is 7. The van der Waals surface area contributed by atoms with Gasteiger partial charge in [0.25, 0.3) is 11.5 Å². The minimum atomic E-state index is -0.515. The number of aromatic nitrogens is 2. The van der Waals surface area contributed by atoms with Crippen molar-refractivity contribution in [1.29, 1.82) is 0 Å². The number of amides is 1. The molecular formula is C24H28N6O3. The molecule has 172 valence electrons. The first-order valence-corrected chi connectivity index (χ1v) is 10.9. The van der Waals surface area contributed by atoms with Crippen LogP contribution in [0.2, 0.25) is 0 Å². The molecule has 0 unspecified atom stereocenters. The maximum absolute atomic E-state index is 13.0. The molecule has 4 N–H and O–H groups in total. The quantitative estimate of drug-likeness (QED) is 0.437. The summed E-state index contributed by atoms with van der Waals surface area (Å²) in [7, 11) is 2.12. The topological polar surface area (TPSA) is 114 Å². The van der Waals surface area contributed by atoms with Crippen molar-refractivity contribution in [2.45, 2.75) is 6.42 Å². The van der Waals surface area contributed by atoms with Crippen LogP contribution in [0, 0.1) is 0 Å². The SMILES string of the molecule is CN1CCN(c2ccc(NC(=O)c3c(Nc4cnccc4CCO)cc[nH]c3=O)cc2)CC1. The molecule has 3 heterocycles. The van der Waals surface area contributed by atoms with Gasteiger partial charge in [-0.25, -0.2) is 0 Å². The number of hydrogen-bond acceptors (Lipinski definition) is 7. The second-order valence-electron chi connectivity index (χ2n) is 8.02. The third-order valence-corrected chi connectivity index (χ3v) is 5.74. The third-order valence-electron chi connectivity index (χ3n) is 5.74. The number of likely N-dealkylation sites (N-methyl/N-ethyl adjacent to an activating group) is 1. The Morgan fingerprint density at radius 2 is 1.85 bits per heavy atom. The smallest absolute Gasteiger partial charge is 0.263 e. The van der Waals surface area contributed by atoms with Gasteiger partial charge in [-0.15, -0.1) is 0 Å². The summed E-state index contributed by atoms with van der Waals surface area (Å²) in [5, 5.41) is 15.2. The normalized spacial score (nSPS) is 14.2. The monoisotopic (exact) mass is 448 g/mol. The van der Waals surface area contributed by atoms with Crippen molar-refractivity contribution in [1.82, 2.24) is 14.9 Å². The number of benzene rings is 1. The number of aliphatic hydroxyl groups is 1. The fourth-order valence-corrected chi connectivity index (χ4v) is 3.84. The molecule has 3 aromatic rings. The molecule has 1 saturated heterocycles. The van der Waals surface area contributed by atoms with Crippen LogP contribution in [0.5, 0.6) is 0 Å². The van der Waals surface area contributed by atoms with E-state index in [1.54, 1.807) is 24.5 Å². The number of aromatic amines is 1. The van der Waals surface area contributed by atoms with E-state index in [9.17, 15) is 14.7 Å². The lowest BCUT2D eigenvalue weighted by atomic mass is 10.1. The highest BCUT2D eigenvalue weighted by Gasteiger charge is 2.18. The number of nitrogens with zero attached hydrogens (tertiary/aromatic N) is 3. The molecular weight excluding hydrogens is 420 g/mol. The van der Waals surface area contributed by atoms with Gasteiger partial charge in [0.15, 0.2) is 0 Å². The summed E-state index contributed by atoms with van der Waals surface area (Å²) in [6.45, 7) is 3.93. The molecule has 0 atom stereocenters. The largest absolute Gasteiger partial charge is 0.396 e. The number of nitrogens with one attached hydrogen (secondary N) is 3. The van der Waals surface area contributed by atoms with E-state index >= 15 is 0 Å². The van der Waals surface area contributed by atoms with Crippen LogP contribution in [-0.4, -0.2) is 65.7 Å². The molecule has 1 aromatic carbocycles. The minimum Gasteiger partial charge on any atom is -0.396 e. The summed E-state index contributed by atoms with van der Waals surface area (Å²) in [5.41, 5.74) is 3.00. The van der Waals surface area contributed by atoms with Gasteiger partial charge in [-0.1, -0.05) is 0 Å². The maximum atomic E-state index is 13.0. The van der Waals surface area contributed by atoms with Crippen molar-refractivity contribution < 1.29 is 9.90 Å². The summed E-state index contributed by atoms with van der Waals surface area (Å²) >= 11 is 0. The summed E-state index contributed by atoms with van der Waals surface area (Å²) in [4.78, 5) is 36.9. The summed E-state index contributed by atoms with van der Waals surface area (Å²) in [6, 6.07) is 11.1. The molecule has 1 amide bonds. The van der Waals surface area contributed by atoms with Crippen LogP contribution in [-0.2, 0) is 6.42 Å². The Kier molecular flexibility index (Phi) is 7.01. The molecule has 0 radical (unpaired) electrons. The van der Waals surface area contributed by atoms with Gasteiger partial charge in [0.05, 0.1) is 17.6 Å². The van der Waals surface area contributed by atoms with Gasteiger partial charge in [0.2, 0.25) is 0 Å². The Morgan fingerprint density at radius 3 is 2.58 bits per heavy atom. The molecule has 0 aliphatic carbocycles. The van der Waals surface area contributed by atoms with Crippen molar-refractivity contribution >= 4 is 28.7 Å². The molecule has 0 spiro atoms. The predicted molar refractivity (Wildman–Crippen MR) is 129 cm³/mol. The second kappa shape index (κ2) is 10.3. The van der Waals surface area contributed by atoms with Crippen LogP contribution >= 0.6 is 0 Å². The molecule has 1 aliphatic rings. The molecule has 4 rings (SSSR count). The molecule has 1 aliphatic heterocycles. The van der Waals surface area contributed by atoms with Gasteiger partial charge in [-0.2, -0.15) is 0 Å². The summed E-state index contributed by atoms with van der Waals surface area (Å²) < 4.78 is 0. The minimum absolute atomic E-state index is 0.0223. The van der Waals surface area contributed by atoms with Crippen molar-refractivity contribution in [3.63, 3.8) is 0 Å². The van der Waals surface area contributed by atoms with Gasteiger partial charge in [-0.05, 0) is 55.4 Å². The van der Waals surface area contributed by atoms with Gasteiger partial charge in [0, 0.05) is 56.6 Å². The maximum Gasteiger partial charge on any atom is 0.263 e. The summed E-state index contributed by atoms with van der Waals surface area (Å²) in [5.74, 6) is -0.515. The highest BCUT2D eigenvalue weighted by Crippen LogP contribution is 2.23. The first-order valence-electron chi connectivity index (χ1n) is 10.9. The van der Waals surface area contributed by atoms with E-state index in [2.05, 4.69) is 37.4 Å². The Hall–Kier alpha value is -3.69. The lowest BCUT2D eigenvalue weighted by molar-refractivity contribution is 0.102. The number of anilines is 4. The number of carbonyl (C=O) groups is 1. The number of hydrogen-bond donors (Lipinski definition) is 4. The Morgan fingerprint density at radius 1 is 1.09 bits per heavy atom. The van der Waals surface area contributed by atoms with E-state index in [0.717, 1.165) is 37.4 Å². The van der Waals surface area contributed by atoms with Crippen LogP contribution in [0.3, 0.4) is 0 Å². The standard InChI is InChI=1S/C24H28N6O3/c1-29-11-13-30(14-12-29)19-4-2-18(3-5-19)27-24(33)22-20(7-10-26-23(22)32)28-21-16-25-9-6-17(21)8-15-31/h2-7,9-10,16,31H,8,11-15H2,1H3,(H,27,33)(H2,26,28,32). The van der Waals surface area contributed by atoms with E-state index in [0.29, 0.717) is 23.5 Å². The highest BCUT2D eigenvalue weighted by atomic mass is 16.3. The van der Waals surface area contributed by atoms with E-state index in [1.807, 2.05) is 24.3 Å². The molecule has 1 fully saturated rings. The Labute approximate surface area is 192 Å². The van der Waals surface area contributed by atoms with Gasteiger partial charge >= 0.3 is 0 Å². The molecule has 0 bridgehead atoms. The van der Waals surface area contributed by atoms with Crippen LogP contribution in [0.4, 0.5) is 22.7 Å². The van der Waals surface area contributed by atoms with Crippen molar-refractivity contribution in [3.05, 3.63) is 76.5 Å². The van der Waals surface area contributed by atoms with Crippen LogP contribution in [0.15, 0.2) is 59.8 Å². The fourth-order valence-electron chi connectivity index (χ4n) is 3.84. The summed E-state index contributed by atoms with van der Waals surface area (Å²) in [6.07, 6.45) is 5.14. The molecule has 33 heavy (non-hydrogen) atoms. The number of pyridine rings is 2. The van der Waals surface area contributed by atoms with E-state index in [-0.39, 0.29) is 12.2 Å². The zero-order valence-electron chi connectivity index (χ0n) is 18.5. The van der Waals surface area contributed by atoms with Gasteiger partial charge in [0.1, 0.15) is 5.56 Å². The highest BCUT2D eigenvalue weighted by molar-refractivity contribution is 6.08. The fraction of sp³-hybridized carbons (Fsp3) is 0.292. The zero-order chi connectivity index (χ0) is 23.2. The number of aliphatic hydroxyl groups excluding tert-OH is 1. The molecule has 2 aromatic heterocycles. The number of piperazine rings is 1. The first kappa shape index (κ1) is 22.5. The van der Waals surface area contributed by atoms with Gasteiger partial charge in [-0.3, -0.25) is 14.6 Å². The van der Waals surface area contributed by atoms with Crippen LogP contribution < -0.4 is 21.1 Å². The van der Waals surface area contributed by atoms with Crippen molar-refractivity contribution in [2.24, 2.45) is 0 Å². The lowest BCUT2D eigenvalue weighted by Crippen LogP contribution is -2.44. The van der Waals surface area contributed by atoms with E-state index < -0.39 is 11.5 Å². The average molecular weight is 449 g/mol. The zero-order valence-corrected chi connectivity index (χ0v) is 18.5. The third kappa shape index (κ3) is 5.39. The predicted octanol–water partition coefficient (Wildman–Crippen LogP) is 2.05. The van der Waals surface area contributed by atoms with E-state index in [4.69, 9.17) is 0 Å². The van der Waals surface area contributed by atoms with Gasteiger partial charge < -0.3 is 30.5 Å². The Balaban J connectivity index is 1.51. The second-order valence-corrected chi connectivity index (χ2v) is 8.02. The first-order chi connectivity index (χ1) is 16.0. The molecule has 9 heteroatoms. The molecule has 0 saturated carbocycles. The number of H-pyrrole nitrogens is 1. The Bertz CT molecular complexity index is 1150. The molecule has 9 nitrogen and oxygen atoms in total. The number of carbonyl (C=O) groups excluding carboxylic acids is 1. The lowest BCUT2D eigenvalue weighted by Gasteiger charge is -2.34. The van der Waals surface area contributed by atoms with E-state index in [1.165, 1.54) is 6.20 Å². The van der Waals surface area contributed by atoms with Crippen molar-refractivity contribution in [2.75, 3.05) is 55.4 Å². The average Bonchev–Trinajstić information content (AvgIpc) is 2.82. The van der Waals surface area contributed by atoms with Crippen LogP contribution in [0.1, 0.15) is 15.9 Å².